The van der Waals surface area contributed by atoms with Crippen molar-refractivity contribution < 1.29 is 0 Å². The molecule has 1 aliphatic rings. The molecule has 3 rings (SSSR count). The van der Waals surface area contributed by atoms with Crippen LogP contribution in [-0.4, -0.2) is 29.6 Å². The van der Waals surface area contributed by atoms with Crippen LogP contribution < -0.4 is 9.80 Å². The SMILES string of the molecule is CC1CCN(C)c2ccccc2N1Cc1ncc[nH]1. The lowest BCUT2D eigenvalue weighted by Gasteiger charge is -2.29. The van der Waals surface area contributed by atoms with Crippen LogP contribution in [0.25, 0.3) is 0 Å². The lowest BCUT2D eigenvalue weighted by Crippen LogP contribution is -2.32. The minimum atomic E-state index is 0.510. The largest absolute Gasteiger partial charge is 0.373 e. The van der Waals surface area contributed by atoms with Crippen molar-refractivity contribution >= 4 is 11.4 Å². The quantitative estimate of drug-likeness (QED) is 0.897. The van der Waals surface area contributed by atoms with Crippen LogP contribution in [0.15, 0.2) is 36.7 Å². The molecule has 1 aromatic carbocycles. The minimum absolute atomic E-state index is 0.510. The van der Waals surface area contributed by atoms with Crippen LogP contribution in [0.5, 0.6) is 0 Å². The molecule has 100 valence electrons. The molecule has 0 bridgehead atoms. The Morgan fingerprint density at radius 3 is 2.84 bits per heavy atom. The van der Waals surface area contributed by atoms with E-state index in [1.54, 1.807) is 0 Å². The van der Waals surface area contributed by atoms with Gasteiger partial charge < -0.3 is 14.8 Å². The monoisotopic (exact) mass is 256 g/mol. The predicted molar refractivity (Wildman–Crippen MR) is 78.6 cm³/mol. The first-order valence-corrected chi connectivity index (χ1v) is 6.81. The first-order chi connectivity index (χ1) is 9.25. The summed E-state index contributed by atoms with van der Waals surface area (Å²) in [5.74, 6) is 1.02. The van der Waals surface area contributed by atoms with Gasteiger partial charge in [-0.3, -0.25) is 0 Å². The molecule has 0 spiro atoms. The number of imidazole rings is 1. The van der Waals surface area contributed by atoms with Gasteiger partial charge in [-0.05, 0) is 25.5 Å². The normalized spacial score (nSPS) is 19.2. The molecule has 0 radical (unpaired) electrons. The number of anilines is 2. The lowest BCUT2D eigenvalue weighted by atomic mass is 10.2. The van der Waals surface area contributed by atoms with Crippen molar-refractivity contribution in [3.8, 4) is 0 Å². The van der Waals surface area contributed by atoms with Crippen molar-refractivity contribution in [2.75, 3.05) is 23.4 Å². The summed E-state index contributed by atoms with van der Waals surface area (Å²) in [6.45, 7) is 4.21. The third-order valence-corrected chi connectivity index (χ3v) is 3.89. The van der Waals surface area contributed by atoms with E-state index in [2.05, 4.69) is 58.0 Å². The van der Waals surface area contributed by atoms with E-state index < -0.39 is 0 Å². The first kappa shape index (κ1) is 12.1. The van der Waals surface area contributed by atoms with Gasteiger partial charge in [0.05, 0.1) is 17.9 Å². The van der Waals surface area contributed by atoms with Crippen LogP contribution in [0.3, 0.4) is 0 Å². The number of benzene rings is 1. The van der Waals surface area contributed by atoms with E-state index in [-0.39, 0.29) is 0 Å². The van der Waals surface area contributed by atoms with E-state index >= 15 is 0 Å². The number of aromatic amines is 1. The Morgan fingerprint density at radius 1 is 1.32 bits per heavy atom. The Bertz CT molecular complexity index is 535. The summed E-state index contributed by atoms with van der Waals surface area (Å²) >= 11 is 0. The maximum atomic E-state index is 4.36. The molecule has 0 amide bonds. The maximum absolute atomic E-state index is 4.36. The van der Waals surface area contributed by atoms with E-state index in [1.807, 2.05) is 12.4 Å². The molecule has 19 heavy (non-hydrogen) atoms. The molecule has 0 fully saturated rings. The smallest absolute Gasteiger partial charge is 0.125 e. The van der Waals surface area contributed by atoms with E-state index in [9.17, 15) is 0 Å². The third kappa shape index (κ3) is 2.30. The Labute approximate surface area is 114 Å². The Morgan fingerprint density at radius 2 is 2.11 bits per heavy atom. The predicted octanol–water partition coefficient (Wildman–Crippen LogP) is 2.64. The Hall–Kier alpha value is -1.97. The second-order valence-electron chi connectivity index (χ2n) is 5.21. The summed E-state index contributed by atoms with van der Waals surface area (Å²) in [6.07, 6.45) is 4.86. The molecular weight excluding hydrogens is 236 g/mol. The molecule has 1 atom stereocenters. The van der Waals surface area contributed by atoms with Crippen LogP contribution in [0.2, 0.25) is 0 Å². The van der Waals surface area contributed by atoms with Crippen molar-refractivity contribution in [3.63, 3.8) is 0 Å². The zero-order valence-corrected chi connectivity index (χ0v) is 11.5. The summed E-state index contributed by atoms with van der Waals surface area (Å²) in [4.78, 5) is 12.3. The van der Waals surface area contributed by atoms with Gasteiger partial charge >= 0.3 is 0 Å². The van der Waals surface area contributed by atoms with E-state index in [0.717, 1.165) is 25.3 Å². The summed E-state index contributed by atoms with van der Waals surface area (Å²) in [6, 6.07) is 9.13. The van der Waals surface area contributed by atoms with Gasteiger partial charge in [0.15, 0.2) is 0 Å². The molecule has 4 heteroatoms. The van der Waals surface area contributed by atoms with Gasteiger partial charge in [0.25, 0.3) is 0 Å². The fourth-order valence-electron chi connectivity index (χ4n) is 2.71. The van der Waals surface area contributed by atoms with Gasteiger partial charge in [0.1, 0.15) is 5.82 Å². The number of aromatic nitrogens is 2. The molecule has 1 unspecified atom stereocenters. The number of hydrogen-bond donors (Lipinski definition) is 1. The van der Waals surface area contributed by atoms with E-state index in [0.29, 0.717) is 6.04 Å². The van der Waals surface area contributed by atoms with Gasteiger partial charge in [-0.2, -0.15) is 0 Å². The maximum Gasteiger partial charge on any atom is 0.125 e. The number of rotatable bonds is 2. The summed E-state index contributed by atoms with van der Waals surface area (Å²) in [5, 5.41) is 0. The standard InChI is InChI=1S/C15H20N4/c1-12-7-10-18(2)13-5-3-4-6-14(13)19(12)11-15-16-8-9-17-15/h3-6,8-9,12H,7,10-11H2,1-2H3,(H,16,17). The molecule has 1 aromatic heterocycles. The highest BCUT2D eigenvalue weighted by molar-refractivity contribution is 5.72. The van der Waals surface area contributed by atoms with E-state index in [1.165, 1.54) is 11.4 Å². The van der Waals surface area contributed by atoms with Crippen molar-refractivity contribution in [2.24, 2.45) is 0 Å². The lowest BCUT2D eigenvalue weighted by molar-refractivity contribution is 0.593. The molecule has 2 heterocycles. The fraction of sp³-hybridized carbons (Fsp3) is 0.400. The molecular formula is C15H20N4. The van der Waals surface area contributed by atoms with Crippen molar-refractivity contribution in [2.45, 2.75) is 25.9 Å². The molecule has 1 aliphatic heterocycles. The Balaban J connectivity index is 1.98. The highest BCUT2D eigenvalue weighted by atomic mass is 15.2. The number of fused-ring (bicyclic) bond motifs is 1. The molecule has 0 saturated heterocycles. The average molecular weight is 256 g/mol. The molecule has 1 N–H and O–H groups in total. The number of H-pyrrole nitrogens is 1. The number of hydrogen-bond acceptors (Lipinski definition) is 3. The first-order valence-electron chi connectivity index (χ1n) is 6.81. The van der Waals surface area contributed by atoms with Gasteiger partial charge in [-0.25, -0.2) is 4.98 Å². The van der Waals surface area contributed by atoms with Gasteiger partial charge in [0.2, 0.25) is 0 Å². The zero-order chi connectivity index (χ0) is 13.2. The summed E-state index contributed by atoms with van der Waals surface area (Å²) in [5.41, 5.74) is 2.60. The van der Waals surface area contributed by atoms with E-state index in [4.69, 9.17) is 0 Å². The number of nitrogens with one attached hydrogen (secondary N) is 1. The van der Waals surface area contributed by atoms with Crippen LogP contribution in [0.1, 0.15) is 19.2 Å². The second kappa shape index (κ2) is 4.96. The summed E-state index contributed by atoms with van der Waals surface area (Å²) < 4.78 is 0. The van der Waals surface area contributed by atoms with Gasteiger partial charge in [-0.15, -0.1) is 0 Å². The molecule has 4 nitrogen and oxygen atoms in total. The second-order valence-corrected chi connectivity index (χ2v) is 5.21. The van der Waals surface area contributed by atoms with Crippen molar-refractivity contribution in [1.29, 1.82) is 0 Å². The number of para-hydroxylation sites is 2. The highest BCUT2D eigenvalue weighted by Crippen LogP contribution is 2.34. The summed E-state index contributed by atoms with van der Waals surface area (Å²) in [7, 11) is 2.17. The Kier molecular flexibility index (Phi) is 3.15. The van der Waals surface area contributed by atoms with Crippen LogP contribution >= 0.6 is 0 Å². The van der Waals surface area contributed by atoms with Gasteiger partial charge in [0, 0.05) is 32.0 Å². The topological polar surface area (TPSA) is 35.2 Å². The van der Waals surface area contributed by atoms with Crippen LogP contribution in [-0.2, 0) is 6.54 Å². The van der Waals surface area contributed by atoms with Crippen molar-refractivity contribution in [3.05, 3.63) is 42.5 Å². The van der Waals surface area contributed by atoms with Gasteiger partial charge in [-0.1, -0.05) is 12.1 Å². The molecule has 0 saturated carbocycles. The zero-order valence-electron chi connectivity index (χ0n) is 11.5. The third-order valence-electron chi connectivity index (χ3n) is 3.89. The minimum Gasteiger partial charge on any atom is -0.373 e. The van der Waals surface area contributed by atoms with Crippen molar-refractivity contribution in [1.82, 2.24) is 9.97 Å². The number of nitrogens with zero attached hydrogens (tertiary/aromatic N) is 3. The molecule has 0 aliphatic carbocycles. The van der Waals surface area contributed by atoms with Crippen LogP contribution in [0, 0.1) is 0 Å². The average Bonchev–Trinajstić information content (AvgIpc) is 2.91. The molecule has 2 aromatic rings. The fourth-order valence-corrected chi connectivity index (χ4v) is 2.71. The highest BCUT2D eigenvalue weighted by Gasteiger charge is 2.23. The van der Waals surface area contributed by atoms with Crippen LogP contribution in [0.4, 0.5) is 11.4 Å².